The molecule has 2 aromatic rings. The lowest BCUT2D eigenvalue weighted by molar-refractivity contribution is -0.384. The molecule has 0 saturated carbocycles. The third-order valence-electron chi connectivity index (χ3n) is 4.93. The monoisotopic (exact) mass is 416 g/mol. The number of ketones is 1. The van der Waals surface area contributed by atoms with Crippen LogP contribution in [-0.2, 0) is 18.3 Å². The number of nitro groups is 1. The summed E-state index contributed by atoms with van der Waals surface area (Å²) in [6.07, 6.45) is 6.74. The van der Waals surface area contributed by atoms with Crippen LogP contribution in [0.5, 0.6) is 0 Å². The van der Waals surface area contributed by atoms with Crippen molar-refractivity contribution in [3.8, 4) is 0 Å². The van der Waals surface area contributed by atoms with E-state index in [9.17, 15) is 19.7 Å². The van der Waals surface area contributed by atoms with Crippen molar-refractivity contribution in [1.82, 2.24) is 4.57 Å². The van der Waals surface area contributed by atoms with E-state index in [0.717, 1.165) is 30.5 Å². The summed E-state index contributed by atoms with van der Waals surface area (Å²) in [4.78, 5) is 32.7. The van der Waals surface area contributed by atoms with Crippen molar-refractivity contribution < 1.29 is 19.6 Å². The quantitative estimate of drug-likeness (QED) is 0.239. The number of non-ortho nitro benzene ring substituents is 1. The Hall–Kier alpha value is -2.96. The average molecular weight is 417 g/mol. The van der Waals surface area contributed by atoms with Crippen LogP contribution in [0.25, 0.3) is 0 Å². The number of hydrogen-bond donors (Lipinski definition) is 1. The topological polar surface area (TPSA) is 102 Å². The lowest BCUT2D eigenvalue weighted by atomic mass is 10.1. The predicted octanol–water partition coefficient (Wildman–Crippen LogP) is 5.47. The molecule has 1 N–H and O–H groups in total. The van der Waals surface area contributed by atoms with Gasteiger partial charge in [0.2, 0.25) is 5.78 Å². The molecule has 0 spiro atoms. The zero-order valence-corrected chi connectivity index (χ0v) is 18.3. The zero-order chi connectivity index (χ0) is 22.7. The Morgan fingerprint density at radius 1 is 1.07 bits per heavy atom. The number of aryl methyl sites for hydroxylation is 2. The number of carbonyl (C=O) groups is 2. The first-order chi connectivity index (χ1) is 14.2. The van der Waals surface area contributed by atoms with Crippen molar-refractivity contribution in [1.29, 1.82) is 0 Å². The fourth-order valence-corrected chi connectivity index (χ4v) is 3.24. The first kappa shape index (κ1) is 25.1. The van der Waals surface area contributed by atoms with Crippen molar-refractivity contribution in [3.05, 3.63) is 63.0 Å². The summed E-state index contributed by atoms with van der Waals surface area (Å²) >= 11 is 0. The summed E-state index contributed by atoms with van der Waals surface area (Å²) in [5, 5.41) is 18.9. The van der Waals surface area contributed by atoms with Crippen LogP contribution in [0, 0.1) is 17.0 Å². The van der Waals surface area contributed by atoms with Crippen molar-refractivity contribution in [2.75, 3.05) is 0 Å². The van der Waals surface area contributed by atoms with Gasteiger partial charge < -0.3 is 9.67 Å². The molecule has 0 aliphatic carbocycles. The number of carboxylic acids is 1. The smallest absolute Gasteiger partial charge is 0.303 e. The van der Waals surface area contributed by atoms with Crippen molar-refractivity contribution in [3.63, 3.8) is 0 Å². The second-order valence-corrected chi connectivity index (χ2v) is 7.27. The van der Waals surface area contributed by atoms with E-state index < -0.39 is 10.9 Å². The number of nitro benzene ring substituents is 1. The normalized spacial score (nSPS) is 10.3. The summed E-state index contributed by atoms with van der Waals surface area (Å²) in [7, 11) is 1.87. The highest BCUT2D eigenvalue weighted by molar-refractivity contribution is 6.09. The van der Waals surface area contributed by atoms with Crippen LogP contribution in [0.15, 0.2) is 30.3 Å². The van der Waals surface area contributed by atoms with Gasteiger partial charge in [-0.1, -0.05) is 39.5 Å². The molecule has 7 nitrogen and oxygen atoms in total. The Kier molecular flexibility index (Phi) is 10.5. The highest BCUT2D eigenvalue weighted by atomic mass is 16.6. The maximum absolute atomic E-state index is 12.5. The van der Waals surface area contributed by atoms with Gasteiger partial charge >= 0.3 is 5.97 Å². The van der Waals surface area contributed by atoms with Crippen LogP contribution in [0.2, 0.25) is 0 Å². The third kappa shape index (κ3) is 7.46. The number of carbonyl (C=O) groups excluding carboxylic acids is 1. The number of rotatable bonds is 10. The molecule has 0 aliphatic heterocycles. The molecule has 0 atom stereocenters. The highest BCUT2D eigenvalue weighted by Gasteiger charge is 2.18. The van der Waals surface area contributed by atoms with Crippen molar-refractivity contribution in [2.45, 2.75) is 65.7 Å². The van der Waals surface area contributed by atoms with Crippen molar-refractivity contribution in [2.24, 2.45) is 7.05 Å². The van der Waals surface area contributed by atoms with Crippen LogP contribution in [0.3, 0.4) is 0 Å². The van der Waals surface area contributed by atoms with E-state index in [-0.39, 0.29) is 11.5 Å². The Morgan fingerprint density at radius 2 is 1.67 bits per heavy atom. The first-order valence-corrected chi connectivity index (χ1v) is 10.4. The van der Waals surface area contributed by atoms with Crippen LogP contribution in [0.4, 0.5) is 5.69 Å². The number of carboxylic acid groups (broad SMARTS) is 1. The summed E-state index contributed by atoms with van der Waals surface area (Å²) < 4.78 is 1.89. The van der Waals surface area contributed by atoms with Gasteiger partial charge in [-0.2, -0.15) is 0 Å². The fourth-order valence-electron chi connectivity index (χ4n) is 3.24. The molecule has 0 bridgehead atoms. The molecular weight excluding hydrogens is 384 g/mol. The predicted molar refractivity (Wildman–Crippen MR) is 117 cm³/mol. The van der Waals surface area contributed by atoms with E-state index in [0.29, 0.717) is 17.7 Å². The SMILES string of the molecule is CCCCCCCC(=O)O.CCc1cc(C)c(C(=O)c2ccc([N+](=O)[O-])cc2)n1C. The maximum atomic E-state index is 12.5. The Balaban J connectivity index is 0.000000382. The minimum absolute atomic E-state index is 0.0144. The second kappa shape index (κ2) is 12.6. The van der Waals surface area contributed by atoms with E-state index in [2.05, 4.69) is 6.92 Å². The molecule has 0 fully saturated rings. The Morgan fingerprint density at radius 3 is 2.13 bits per heavy atom. The van der Waals surface area contributed by atoms with E-state index >= 15 is 0 Å². The van der Waals surface area contributed by atoms with E-state index in [1.54, 1.807) is 0 Å². The molecule has 30 heavy (non-hydrogen) atoms. The second-order valence-electron chi connectivity index (χ2n) is 7.27. The number of hydrogen-bond acceptors (Lipinski definition) is 4. The highest BCUT2D eigenvalue weighted by Crippen LogP contribution is 2.20. The van der Waals surface area contributed by atoms with E-state index in [1.807, 2.05) is 31.5 Å². The molecule has 7 heteroatoms. The van der Waals surface area contributed by atoms with Gasteiger partial charge in [-0.3, -0.25) is 19.7 Å². The van der Waals surface area contributed by atoms with Gasteiger partial charge in [-0.25, -0.2) is 0 Å². The van der Waals surface area contributed by atoms with Gasteiger partial charge in [-0.15, -0.1) is 0 Å². The molecule has 1 heterocycles. The number of aliphatic carboxylic acids is 1. The fraction of sp³-hybridized carbons (Fsp3) is 0.478. The van der Waals surface area contributed by atoms with Gasteiger partial charge in [-0.05, 0) is 43.5 Å². The molecule has 1 aromatic carbocycles. The van der Waals surface area contributed by atoms with E-state index in [1.165, 1.54) is 43.5 Å². The van der Waals surface area contributed by atoms with Gasteiger partial charge in [0.25, 0.3) is 5.69 Å². The minimum atomic E-state index is -0.670. The number of unbranched alkanes of at least 4 members (excludes halogenated alkanes) is 4. The summed E-state index contributed by atoms with van der Waals surface area (Å²) in [6.45, 7) is 6.09. The third-order valence-corrected chi connectivity index (χ3v) is 4.93. The molecular formula is C23H32N2O5. The van der Waals surface area contributed by atoms with Gasteiger partial charge in [0, 0.05) is 36.9 Å². The van der Waals surface area contributed by atoms with Gasteiger partial charge in [0.15, 0.2) is 0 Å². The molecule has 0 aliphatic rings. The standard InChI is InChI=1S/C15H16N2O3.C8H16O2/c1-4-12-9-10(2)14(16(12)3)15(18)11-5-7-13(8-6-11)17(19)20;1-2-3-4-5-6-7-8(9)10/h5-9H,4H2,1-3H3;2-7H2,1H3,(H,9,10). The maximum Gasteiger partial charge on any atom is 0.303 e. The lowest BCUT2D eigenvalue weighted by Gasteiger charge is -2.06. The number of nitrogens with zero attached hydrogens (tertiary/aromatic N) is 2. The minimum Gasteiger partial charge on any atom is -0.481 e. The Bertz CT molecular complexity index is 853. The largest absolute Gasteiger partial charge is 0.481 e. The summed E-state index contributed by atoms with van der Waals surface area (Å²) in [5.41, 5.74) is 3.10. The number of aromatic nitrogens is 1. The molecule has 0 unspecified atom stereocenters. The number of benzene rings is 1. The molecule has 0 saturated heterocycles. The molecule has 0 amide bonds. The molecule has 2 rings (SSSR count). The average Bonchev–Trinajstić information content (AvgIpc) is 3.01. The first-order valence-electron chi connectivity index (χ1n) is 10.4. The molecule has 1 aromatic heterocycles. The van der Waals surface area contributed by atoms with E-state index in [4.69, 9.17) is 5.11 Å². The zero-order valence-electron chi connectivity index (χ0n) is 18.3. The van der Waals surface area contributed by atoms with Crippen LogP contribution in [-0.4, -0.2) is 26.3 Å². The Labute approximate surface area is 177 Å². The van der Waals surface area contributed by atoms with Crippen molar-refractivity contribution >= 4 is 17.4 Å². The molecule has 164 valence electrons. The van der Waals surface area contributed by atoms with Gasteiger partial charge in [0.05, 0.1) is 10.6 Å². The van der Waals surface area contributed by atoms with Crippen LogP contribution >= 0.6 is 0 Å². The van der Waals surface area contributed by atoms with Crippen LogP contribution in [0.1, 0.15) is 79.7 Å². The van der Waals surface area contributed by atoms with Gasteiger partial charge in [0.1, 0.15) is 0 Å². The summed E-state index contributed by atoms with van der Waals surface area (Å²) in [5.74, 6) is -0.781. The summed E-state index contributed by atoms with van der Waals surface area (Å²) in [6, 6.07) is 7.70. The van der Waals surface area contributed by atoms with Crippen LogP contribution < -0.4 is 0 Å². The molecule has 0 radical (unpaired) electrons. The lowest BCUT2D eigenvalue weighted by Crippen LogP contribution is -2.10.